The molecule has 0 fully saturated rings. The molecule has 1 atom stereocenters. The first-order valence-electron chi connectivity index (χ1n) is 16.7. The summed E-state index contributed by atoms with van der Waals surface area (Å²) in [5.41, 5.74) is 7.38. The van der Waals surface area contributed by atoms with Gasteiger partial charge in [0.25, 0.3) is 5.91 Å². The standard InChI is InChI=1S/C36H46N6O4/c1-40-31-14-13-29-22-30(31)35(39-40)36(45)37-16-19-41(23-28-20-26-10-6-11-27(26)21-32(28)46-2)17-7-12-34(44)42(24-33(43)38-29)18-15-25-8-4-3-5-9-25/h3-5,8-9,20-21,29H,6-7,10-19,22-24H2,1-2H3,(H,37,45)(H,38,43). The van der Waals surface area contributed by atoms with Gasteiger partial charge in [0.2, 0.25) is 11.8 Å². The third-order valence-corrected chi connectivity index (χ3v) is 9.70. The molecule has 3 amide bonds. The van der Waals surface area contributed by atoms with Gasteiger partial charge in [-0.3, -0.25) is 24.0 Å². The van der Waals surface area contributed by atoms with Crippen LogP contribution in [0.1, 0.15) is 69.7 Å². The number of amides is 3. The topological polar surface area (TPSA) is 109 Å². The molecular formula is C36H46N6O4. The van der Waals surface area contributed by atoms with Gasteiger partial charge in [0, 0.05) is 62.5 Å². The van der Waals surface area contributed by atoms with Gasteiger partial charge in [0.15, 0.2) is 5.69 Å². The van der Waals surface area contributed by atoms with Crippen LogP contribution in [0.25, 0.3) is 0 Å². The summed E-state index contributed by atoms with van der Waals surface area (Å²) in [5, 5.41) is 10.9. The first kappa shape index (κ1) is 31.8. The number of ether oxygens (including phenoxy) is 1. The van der Waals surface area contributed by atoms with Crippen LogP contribution < -0.4 is 15.4 Å². The molecule has 10 nitrogen and oxygen atoms in total. The van der Waals surface area contributed by atoms with Crippen molar-refractivity contribution in [2.45, 2.75) is 70.4 Å². The molecule has 2 bridgehead atoms. The Bertz CT molecular complexity index is 1570. The molecule has 6 rings (SSSR count). The zero-order valence-electron chi connectivity index (χ0n) is 27.1. The number of fused-ring (bicyclic) bond motifs is 2. The summed E-state index contributed by atoms with van der Waals surface area (Å²) < 4.78 is 7.60. The predicted octanol–water partition coefficient (Wildman–Crippen LogP) is 2.99. The maximum absolute atomic E-state index is 13.6. The second kappa shape index (κ2) is 14.5. The second-order valence-corrected chi connectivity index (χ2v) is 12.9. The largest absolute Gasteiger partial charge is 0.496 e. The van der Waals surface area contributed by atoms with Crippen molar-refractivity contribution in [3.8, 4) is 5.75 Å². The van der Waals surface area contributed by atoms with Gasteiger partial charge in [-0.25, -0.2) is 0 Å². The van der Waals surface area contributed by atoms with E-state index < -0.39 is 0 Å². The van der Waals surface area contributed by atoms with Crippen LogP contribution in [0.4, 0.5) is 0 Å². The molecule has 1 unspecified atom stereocenters. The Morgan fingerprint density at radius 2 is 1.78 bits per heavy atom. The van der Waals surface area contributed by atoms with Crippen molar-refractivity contribution in [1.82, 2.24) is 30.2 Å². The number of methoxy groups -OCH3 is 1. The number of carbonyl (C=O) groups excluding carboxylic acids is 3. The van der Waals surface area contributed by atoms with Crippen LogP contribution >= 0.6 is 0 Å². The van der Waals surface area contributed by atoms with Crippen LogP contribution in [0.2, 0.25) is 0 Å². The monoisotopic (exact) mass is 626 g/mol. The summed E-state index contributed by atoms with van der Waals surface area (Å²) >= 11 is 0. The van der Waals surface area contributed by atoms with E-state index in [1.807, 2.05) is 25.2 Å². The normalized spacial score (nSPS) is 19.7. The molecule has 244 valence electrons. The van der Waals surface area contributed by atoms with E-state index in [-0.39, 0.29) is 30.3 Å². The molecule has 2 aromatic carbocycles. The fourth-order valence-corrected chi connectivity index (χ4v) is 7.24. The average molecular weight is 627 g/mol. The Kier molecular flexibility index (Phi) is 10.0. The van der Waals surface area contributed by atoms with E-state index >= 15 is 0 Å². The van der Waals surface area contributed by atoms with E-state index in [0.717, 1.165) is 60.2 Å². The minimum Gasteiger partial charge on any atom is -0.496 e. The summed E-state index contributed by atoms with van der Waals surface area (Å²) in [5.74, 6) is 0.515. The summed E-state index contributed by atoms with van der Waals surface area (Å²) in [6.45, 7) is 2.89. The first-order chi connectivity index (χ1) is 22.4. The number of benzene rings is 2. The Morgan fingerprint density at radius 3 is 2.59 bits per heavy atom. The van der Waals surface area contributed by atoms with Crippen molar-refractivity contribution >= 4 is 17.7 Å². The summed E-state index contributed by atoms with van der Waals surface area (Å²) in [4.78, 5) is 44.4. The smallest absolute Gasteiger partial charge is 0.272 e. The highest BCUT2D eigenvalue weighted by molar-refractivity contribution is 5.94. The lowest BCUT2D eigenvalue weighted by molar-refractivity contribution is -0.136. The number of nitrogens with zero attached hydrogens (tertiary/aromatic N) is 4. The molecule has 0 saturated carbocycles. The summed E-state index contributed by atoms with van der Waals surface area (Å²) in [6, 6.07) is 14.4. The average Bonchev–Trinajstić information content (AvgIpc) is 3.65. The molecule has 2 N–H and O–H groups in total. The van der Waals surface area contributed by atoms with Crippen LogP contribution in [0.3, 0.4) is 0 Å². The van der Waals surface area contributed by atoms with E-state index in [9.17, 15) is 14.4 Å². The SMILES string of the molecule is COc1cc2c(cc1CN1CCCC(=O)N(CCc3ccccc3)CC(=O)NC3CCc4c(c(nn4C)C(=O)NCC1)C3)CCC2. The van der Waals surface area contributed by atoms with E-state index in [1.165, 1.54) is 11.1 Å². The van der Waals surface area contributed by atoms with Crippen LogP contribution in [0, 0.1) is 0 Å². The molecule has 2 heterocycles. The molecule has 46 heavy (non-hydrogen) atoms. The zero-order chi connectivity index (χ0) is 32.0. The fraction of sp³-hybridized carbons (Fsp3) is 0.500. The number of hydrogen-bond acceptors (Lipinski definition) is 6. The van der Waals surface area contributed by atoms with Gasteiger partial charge in [0.05, 0.1) is 13.7 Å². The lowest BCUT2D eigenvalue weighted by Crippen LogP contribution is -2.46. The number of carbonyl (C=O) groups is 3. The predicted molar refractivity (Wildman–Crippen MR) is 176 cm³/mol. The third-order valence-electron chi connectivity index (χ3n) is 9.70. The second-order valence-electron chi connectivity index (χ2n) is 12.9. The molecule has 0 radical (unpaired) electrons. The molecule has 1 aliphatic heterocycles. The molecule has 10 heteroatoms. The molecule has 2 aliphatic carbocycles. The molecular weight excluding hydrogens is 580 g/mol. The van der Waals surface area contributed by atoms with Gasteiger partial charge in [-0.05, 0) is 80.7 Å². The summed E-state index contributed by atoms with van der Waals surface area (Å²) in [7, 11) is 3.59. The van der Waals surface area contributed by atoms with Crippen LogP contribution in [0.5, 0.6) is 5.75 Å². The van der Waals surface area contributed by atoms with Crippen LogP contribution in [-0.4, -0.2) is 83.2 Å². The van der Waals surface area contributed by atoms with Crippen molar-refractivity contribution in [2.24, 2.45) is 7.05 Å². The van der Waals surface area contributed by atoms with Gasteiger partial charge < -0.3 is 20.3 Å². The van der Waals surface area contributed by atoms with Crippen LogP contribution in [0.15, 0.2) is 42.5 Å². The van der Waals surface area contributed by atoms with Crippen LogP contribution in [-0.2, 0) is 55.3 Å². The highest BCUT2D eigenvalue weighted by Crippen LogP contribution is 2.31. The number of aryl methyl sites for hydroxylation is 3. The van der Waals surface area contributed by atoms with E-state index in [4.69, 9.17) is 4.74 Å². The molecule has 3 aliphatic rings. The van der Waals surface area contributed by atoms with Gasteiger partial charge in [0.1, 0.15) is 5.75 Å². The van der Waals surface area contributed by atoms with Gasteiger partial charge in [-0.15, -0.1) is 0 Å². The maximum Gasteiger partial charge on any atom is 0.272 e. The molecule has 3 aromatic rings. The van der Waals surface area contributed by atoms with Gasteiger partial charge in [-0.2, -0.15) is 5.10 Å². The first-order valence-corrected chi connectivity index (χ1v) is 16.7. The molecule has 0 spiro atoms. The Morgan fingerprint density at radius 1 is 0.978 bits per heavy atom. The van der Waals surface area contributed by atoms with Crippen molar-refractivity contribution in [2.75, 3.05) is 39.8 Å². The maximum atomic E-state index is 13.6. The van der Waals surface area contributed by atoms with Crippen molar-refractivity contribution in [1.29, 1.82) is 0 Å². The quantitative estimate of drug-likeness (QED) is 0.436. The number of hydrogen-bond donors (Lipinski definition) is 2. The molecule has 0 saturated heterocycles. The van der Waals surface area contributed by atoms with E-state index in [2.05, 4.69) is 44.9 Å². The number of aromatic nitrogens is 2. The van der Waals surface area contributed by atoms with Crippen molar-refractivity contribution in [3.05, 3.63) is 81.7 Å². The van der Waals surface area contributed by atoms with E-state index in [0.29, 0.717) is 64.1 Å². The fourth-order valence-electron chi connectivity index (χ4n) is 7.24. The summed E-state index contributed by atoms with van der Waals surface area (Å²) in [6.07, 6.45) is 7.02. The lowest BCUT2D eigenvalue weighted by Gasteiger charge is -2.27. The Hall–Kier alpha value is -4.18. The Balaban J connectivity index is 1.23. The van der Waals surface area contributed by atoms with Gasteiger partial charge in [-0.1, -0.05) is 36.4 Å². The lowest BCUT2D eigenvalue weighted by atomic mass is 9.91. The minimum atomic E-state index is -0.189. The zero-order valence-corrected chi connectivity index (χ0v) is 27.1. The third kappa shape index (κ3) is 7.44. The van der Waals surface area contributed by atoms with Crippen molar-refractivity contribution < 1.29 is 19.1 Å². The minimum absolute atomic E-state index is 0.0146. The molecule has 1 aromatic heterocycles. The van der Waals surface area contributed by atoms with E-state index in [1.54, 1.807) is 16.7 Å². The highest BCUT2D eigenvalue weighted by Gasteiger charge is 2.30. The number of nitrogens with one attached hydrogen (secondary N) is 2. The number of rotatable bonds is 6. The van der Waals surface area contributed by atoms with Gasteiger partial charge >= 0.3 is 0 Å². The highest BCUT2D eigenvalue weighted by atomic mass is 16.5. The Labute approximate surface area is 271 Å². The van der Waals surface area contributed by atoms with Crippen molar-refractivity contribution in [3.63, 3.8) is 0 Å².